The number of Topliss-reactive ketones (excluding diaryl/α,β-unsaturated/α-hetero) is 1. The summed E-state index contributed by atoms with van der Waals surface area (Å²) in [5.74, 6) is 0.710. The first kappa shape index (κ1) is 20.5. The third-order valence-electron chi connectivity index (χ3n) is 5.72. The van der Waals surface area contributed by atoms with Crippen LogP contribution in [0.1, 0.15) is 23.6 Å². The Balaban J connectivity index is 1.73. The average Bonchev–Trinajstić information content (AvgIpc) is 2.85. The van der Waals surface area contributed by atoms with Crippen molar-refractivity contribution in [3.63, 3.8) is 0 Å². The zero-order chi connectivity index (χ0) is 21.9. The van der Waals surface area contributed by atoms with Gasteiger partial charge in [-0.3, -0.25) is 9.79 Å². The monoisotopic (exact) mass is 433 g/mol. The molecule has 5 rings (SSSR count). The van der Waals surface area contributed by atoms with Crippen LogP contribution >= 0.6 is 11.8 Å². The molecule has 2 aliphatic rings. The summed E-state index contributed by atoms with van der Waals surface area (Å²) in [5, 5.41) is 0. The number of rotatable bonds is 5. The van der Waals surface area contributed by atoms with Gasteiger partial charge in [0, 0.05) is 16.0 Å². The number of ketones is 1. The van der Waals surface area contributed by atoms with Crippen molar-refractivity contribution in [2.45, 2.75) is 11.8 Å². The van der Waals surface area contributed by atoms with Gasteiger partial charge in [0.2, 0.25) is 0 Å². The van der Waals surface area contributed by atoms with Gasteiger partial charge in [0.15, 0.2) is 5.78 Å². The van der Waals surface area contributed by atoms with Crippen LogP contribution in [0.5, 0.6) is 0 Å². The number of hydrogen-bond acceptors (Lipinski definition) is 3. The van der Waals surface area contributed by atoms with E-state index in [1.165, 1.54) is 4.90 Å². The molecule has 3 aromatic carbocycles. The van der Waals surface area contributed by atoms with Crippen LogP contribution in [0, 0.1) is 5.92 Å². The van der Waals surface area contributed by atoms with E-state index in [2.05, 4.69) is 37.3 Å². The minimum absolute atomic E-state index is 0.0996. The molecular weight excluding hydrogens is 410 g/mol. The van der Waals surface area contributed by atoms with E-state index in [0.717, 1.165) is 39.4 Å². The van der Waals surface area contributed by atoms with Crippen LogP contribution in [0.25, 0.3) is 16.8 Å². The van der Waals surface area contributed by atoms with Crippen molar-refractivity contribution >= 4 is 40.1 Å². The second kappa shape index (κ2) is 8.97. The van der Waals surface area contributed by atoms with Gasteiger partial charge in [-0.2, -0.15) is 0 Å². The standard InChI is InChI=1S/C29H23NOS/c1-2-32-25-19-10-9-16-22(25)23-17-11-18-24-28(23)30-27(21-14-7-4-8-15-21)26(29(24)31)20-12-5-3-6-13-20/h3-19,24H,2H2,1H3. The summed E-state index contributed by atoms with van der Waals surface area (Å²) < 4.78 is 0. The van der Waals surface area contributed by atoms with Gasteiger partial charge in [0.1, 0.15) is 0 Å². The minimum atomic E-state index is -0.377. The van der Waals surface area contributed by atoms with Gasteiger partial charge in [-0.15, -0.1) is 11.8 Å². The lowest BCUT2D eigenvalue weighted by molar-refractivity contribution is -0.114. The quantitative estimate of drug-likeness (QED) is 0.407. The molecule has 2 nitrogen and oxygen atoms in total. The predicted octanol–water partition coefficient (Wildman–Crippen LogP) is 6.96. The van der Waals surface area contributed by atoms with Crippen molar-refractivity contribution in [3.05, 3.63) is 120 Å². The number of carbonyl (C=O) groups excluding carboxylic acids is 1. The Hall–Kier alpha value is -3.43. The minimum Gasteiger partial charge on any atom is -0.293 e. The third kappa shape index (κ3) is 3.69. The zero-order valence-electron chi connectivity index (χ0n) is 17.9. The van der Waals surface area contributed by atoms with Gasteiger partial charge in [-0.1, -0.05) is 104 Å². The fourth-order valence-corrected chi connectivity index (χ4v) is 5.10. The topological polar surface area (TPSA) is 29.4 Å². The maximum Gasteiger partial charge on any atom is 0.178 e. The van der Waals surface area contributed by atoms with Crippen molar-refractivity contribution in [1.29, 1.82) is 0 Å². The van der Waals surface area contributed by atoms with Crippen molar-refractivity contribution in [2.24, 2.45) is 10.9 Å². The Bertz CT molecular complexity index is 1280. The van der Waals surface area contributed by atoms with Crippen molar-refractivity contribution in [2.75, 3.05) is 5.75 Å². The van der Waals surface area contributed by atoms with Gasteiger partial charge >= 0.3 is 0 Å². The highest BCUT2D eigenvalue weighted by Crippen LogP contribution is 2.41. The molecule has 1 atom stereocenters. The van der Waals surface area contributed by atoms with Gasteiger partial charge in [-0.25, -0.2) is 0 Å². The first-order chi connectivity index (χ1) is 15.8. The highest BCUT2D eigenvalue weighted by Gasteiger charge is 2.36. The lowest BCUT2D eigenvalue weighted by Gasteiger charge is -2.28. The van der Waals surface area contributed by atoms with Crippen LogP contribution in [0.4, 0.5) is 0 Å². The van der Waals surface area contributed by atoms with E-state index in [1.54, 1.807) is 0 Å². The number of hydrogen-bond donors (Lipinski definition) is 0. The smallest absolute Gasteiger partial charge is 0.178 e. The predicted molar refractivity (Wildman–Crippen MR) is 136 cm³/mol. The summed E-state index contributed by atoms with van der Waals surface area (Å²) in [5.41, 5.74) is 6.29. The van der Waals surface area contributed by atoms with Crippen LogP contribution in [-0.2, 0) is 4.79 Å². The molecule has 1 unspecified atom stereocenters. The second-order valence-electron chi connectivity index (χ2n) is 7.69. The number of nitrogens with zero attached hydrogens (tertiary/aromatic N) is 1. The second-order valence-corrected chi connectivity index (χ2v) is 8.99. The van der Waals surface area contributed by atoms with Crippen molar-refractivity contribution in [1.82, 2.24) is 0 Å². The Morgan fingerprint density at radius 3 is 2.22 bits per heavy atom. The van der Waals surface area contributed by atoms with E-state index in [-0.39, 0.29) is 11.7 Å². The molecule has 1 aliphatic carbocycles. The van der Waals surface area contributed by atoms with E-state index in [1.807, 2.05) is 84.6 Å². The Morgan fingerprint density at radius 1 is 0.844 bits per heavy atom. The first-order valence-corrected chi connectivity index (χ1v) is 11.9. The van der Waals surface area contributed by atoms with E-state index < -0.39 is 0 Å². The molecule has 0 radical (unpaired) electrons. The molecule has 0 spiro atoms. The van der Waals surface area contributed by atoms with Crippen LogP contribution in [0.3, 0.4) is 0 Å². The Labute approximate surface area is 193 Å². The van der Waals surface area contributed by atoms with E-state index in [9.17, 15) is 4.79 Å². The number of fused-ring (bicyclic) bond motifs is 1. The molecule has 32 heavy (non-hydrogen) atoms. The number of thioether (sulfide) groups is 1. The third-order valence-corrected chi connectivity index (χ3v) is 6.68. The fourth-order valence-electron chi connectivity index (χ4n) is 4.28. The molecule has 0 N–H and O–H groups in total. The van der Waals surface area contributed by atoms with Gasteiger partial charge in [0.25, 0.3) is 0 Å². The molecule has 0 amide bonds. The van der Waals surface area contributed by atoms with Crippen LogP contribution in [-0.4, -0.2) is 17.2 Å². The molecule has 0 aromatic heterocycles. The molecule has 0 fully saturated rings. The maximum atomic E-state index is 13.9. The number of allylic oxidation sites excluding steroid dienone is 5. The molecule has 0 saturated carbocycles. The van der Waals surface area contributed by atoms with Crippen molar-refractivity contribution in [3.8, 4) is 0 Å². The van der Waals surface area contributed by atoms with Crippen molar-refractivity contribution < 1.29 is 4.79 Å². The maximum absolute atomic E-state index is 13.9. The summed E-state index contributed by atoms with van der Waals surface area (Å²) in [7, 11) is 0. The molecule has 3 aromatic rings. The van der Waals surface area contributed by atoms with Gasteiger partial charge in [-0.05, 0) is 22.9 Å². The van der Waals surface area contributed by atoms with E-state index in [4.69, 9.17) is 4.99 Å². The Kier molecular flexibility index (Phi) is 5.74. The van der Waals surface area contributed by atoms with Gasteiger partial charge < -0.3 is 0 Å². The molecule has 3 heteroatoms. The molecule has 1 heterocycles. The normalized spacial score (nSPS) is 17.7. The molecule has 0 saturated heterocycles. The largest absolute Gasteiger partial charge is 0.293 e. The molecule has 1 aliphatic heterocycles. The average molecular weight is 434 g/mol. The van der Waals surface area contributed by atoms with Crippen LogP contribution < -0.4 is 0 Å². The van der Waals surface area contributed by atoms with E-state index in [0.29, 0.717) is 5.57 Å². The highest BCUT2D eigenvalue weighted by atomic mass is 32.2. The number of carbonyl (C=O) groups is 1. The summed E-state index contributed by atoms with van der Waals surface area (Å²) in [4.78, 5) is 20.3. The first-order valence-electron chi connectivity index (χ1n) is 10.9. The zero-order valence-corrected chi connectivity index (χ0v) is 18.7. The van der Waals surface area contributed by atoms with E-state index >= 15 is 0 Å². The van der Waals surface area contributed by atoms with Gasteiger partial charge in [0.05, 0.1) is 22.9 Å². The lowest BCUT2D eigenvalue weighted by atomic mass is 9.78. The summed E-state index contributed by atoms with van der Waals surface area (Å²) in [6, 6.07) is 28.3. The number of aliphatic imine (C=N–C) groups is 1. The molecular formula is C29H23NOS. The summed E-state index contributed by atoms with van der Waals surface area (Å²) in [6.07, 6.45) is 6.07. The summed E-state index contributed by atoms with van der Waals surface area (Å²) >= 11 is 1.81. The van der Waals surface area contributed by atoms with Crippen LogP contribution in [0.15, 0.2) is 113 Å². The molecule has 0 bridgehead atoms. The lowest BCUT2D eigenvalue weighted by Crippen LogP contribution is -2.30. The highest BCUT2D eigenvalue weighted by molar-refractivity contribution is 7.99. The fraction of sp³-hybridized carbons (Fsp3) is 0.103. The number of benzene rings is 3. The summed E-state index contributed by atoms with van der Waals surface area (Å²) in [6.45, 7) is 2.16. The SMILES string of the molecule is CCSc1ccccc1C1=CC=CC2C(=O)C(c3ccccc3)=C(c3ccccc3)N=C12. The molecule has 156 valence electrons. The Morgan fingerprint density at radius 2 is 1.50 bits per heavy atom. The van der Waals surface area contributed by atoms with Crippen LogP contribution in [0.2, 0.25) is 0 Å².